The van der Waals surface area contributed by atoms with Gasteiger partial charge in [-0.1, -0.05) is 65.7 Å². The smallest absolute Gasteiger partial charge is 0.246 e. The molecule has 9 heteroatoms. The maximum absolute atomic E-state index is 15.1. The lowest BCUT2D eigenvalue weighted by Gasteiger charge is -2.50. The minimum Gasteiger partial charge on any atom is -0.504 e. The summed E-state index contributed by atoms with van der Waals surface area (Å²) in [4.78, 5) is 58.7. The number of benzene rings is 3. The number of carbonyl (C=O) groups excluding carboxylic acids is 4. The molecule has 3 aromatic rings. The average Bonchev–Trinajstić information content (AvgIpc) is 3.37. The Bertz CT molecular complexity index is 1740. The van der Waals surface area contributed by atoms with Crippen LogP contribution in [0.15, 0.2) is 84.4 Å². The SMILES string of the molecule is COc1ccc(C2C3=CCC4C(=O)N(C)C(=O)C4C3CC3C(=O)N(c4cccc(Cl)c4)C(=O)C32c2ccccc2)cc1O. The quantitative estimate of drug-likeness (QED) is 0.341. The molecule has 3 aromatic carbocycles. The highest BCUT2D eigenvalue weighted by atomic mass is 35.5. The Hall–Kier alpha value is -4.43. The van der Waals surface area contributed by atoms with E-state index in [1.54, 1.807) is 42.5 Å². The van der Waals surface area contributed by atoms with Gasteiger partial charge in [-0.2, -0.15) is 0 Å². The first kappa shape index (κ1) is 27.4. The summed E-state index contributed by atoms with van der Waals surface area (Å²) in [6.07, 6.45) is 2.55. The number of hydrogen-bond acceptors (Lipinski definition) is 6. The van der Waals surface area contributed by atoms with E-state index in [1.807, 2.05) is 36.4 Å². The number of fused-ring (bicyclic) bond motifs is 4. The molecule has 6 atom stereocenters. The first-order valence-electron chi connectivity index (χ1n) is 14.3. The number of ether oxygens (including phenoxy) is 1. The van der Waals surface area contributed by atoms with Crippen LogP contribution in [0.1, 0.15) is 29.9 Å². The topological polar surface area (TPSA) is 104 Å². The van der Waals surface area contributed by atoms with Gasteiger partial charge in [0.25, 0.3) is 0 Å². The number of likely N-dealkylation sites (tertiary alicyclic amines) is 1. The van der Waals surface area contributed by atoms with Gasteiger partial charge in [0.05, 0.1) is 36.0 Å². The molecule has 0 aromatic heterocycles. The summed E-state index contributed by atoms with van der Waals surface area (Å²) in [7, 11) is 2.96. The van der Waals surface area contributed by atoms with Crippen LogP contribution in [0.5, 0.6) is 11.5 Å². The normalized spacial score (nSPS) is 29.7. The molecule has 1 N–H and O–H groups in total. The van der Waals surface area contributed by atoms with Gasteiger partial charge in [0.15, 0.2) is 11.5 Å². The number of imide groups is 2. The third-order valence-corrected chi connectivity index (χ3v) is 10.2. The van der Waals surface area contributed by atoms with E-state index >= 15 is 4.79 Å². The van der Waals surface area contributed by atoms with Crippen molar-refractivity contribution in [3.63, 3.8) is 0 Å². The van der Waals surface area contributed by atoms with Crippen LogP contribution in [0.4, 0.5) is 5.69 Å². The molecule has 2 saturated heterocycles. The zero-order valence-corrected chi connectivity index (χ0v) is 24.3. The molecule has 0 radical (unpaired) electrons. The number of rotatable bonds is 4. The summed E-state index contributed by atoms with van der Waals surface area (Å²) in [5.74, 6) is -4.29. The van der Waals surface area contributed by atoms with Crippen molar-refractivity contribution in [3.8, 4) is 11.5 Å². The number of aromatic hydroxyl groups is 1. The maximum Gasteiger partial charge on any atom is 0.246 e. The zero-order chi connectivity index (χ0) is 30.2. The summed E-state index contributed by atoms with van der Waals surface area (Å²) in [6.45, 7) is 0. The summed E-state index contributed by atoms with van der Waals surface area (Å²) in [5, 5.41) is 11.3. The van der Waals surface area contributed by atoms with Crippen molar-refractivity contribution in [2.75, 3.05) is 19.1 Å². The molecule has 8 nitrogen and oxygen atoms in total. The van der Waals surface area contributed by atoms with Crippen molar-refractivity contribution in [2.45, 2.75) is 24.2 Å². The van der Waals surface area contributed by atoms with Crippen molar-refractivity contribution in [2.24, 2.45) is 23.7 Å². The van der Waals surface area contributed by atoms with Crippen molar-refractivity contribution < 1.29 is 29.0 Å². The molecule has 2 heterocycles. The highest BCUT2D eigenvalue weighted by molar-refractivity contribution is 6.32. The molecule has 6 unspecified atom stereocenters. The Morgan fingerprint density at radius 2 is 1.67 bits per heavy atom. The molecule has 1 saturated carbocycles. The van der Waals surface area contributed by atoms with Crippen LogP contribution in [0.2, 0.25) is 5.02 Å². The number of halogens is 1. The molecular formula is C34H29ClN2O6. The average molecular weight is 597 g/mol. The first-order chi connectivity index (χ1) is 20.7. The Kier molecular flexibility index (Phi) is 6.25. The highest BCUT2D eigenvalue weighted by Gasteiger charge is 2.70. The van der Waals surface area contributed by atoms with Crippen molar-refractivity contribution in [1.82, 2.24) is 4.90 Å². The van der Waals surface area contributed by atoms with E-state index in [9.17, 15) is 19.5 Å². The minimum atomic E-state index is -1.39. The summed E-state index contributed by atoms with van der Waals surface area (Å²) < 4.78 is 5.32. The van der Waals surface area contributed by atoms with Crippen LogP contribution in [-0.4, -0.2) is 47.8 Å². The van der Waals surface area contributed by atoms with E-state index < -0.39 is 40.9 Å². The van der Waals surface area contributed by atoms with E-state index in [-0.39, 0.29) is 35.6 Å². The molecule has 3 fully saturated rings. The predicted molar refractivity (Wildman–Crippen MR) is 159 cm³/mol. The molecule has 4 amide bonds. The van der Waals surface area contributed by atoms with Crippen LogP contribution in [0.25, 0.3) is 0 Å². The van der Waals surface area contributed by atoms with Crippen LogP contribution in [-0.2, 0) is 24.6 Å². The lowest BCUT2D eigenvalue weighted by molar-refractivity contribution is -0.138. The van der Waals surface area contributed by atoms with E-state index in [0.717, 1.165) is 5.57 Å². The molecule has 43 heavy (non-hydrogen) atoms. The van der Waals surface area contributed by atoms with Crippen LogP contribution in [0, 0.1) is 23.7 Å². The van der Waals surface area contributed by atoms with E-state index in [2.05, 4.69) is 0 Å². The molecule has 0 bridgehead atoms. The largest absolute Gasteiger partial charge is 0.504 e. The first-order valence-corrected chi connectivity index (χ1v) is 14.7. The number of amides is 4. The van der Waals surface area contributed by atoms with E-state index in [4.69, 9.17) is 16.3 Å². The molecule has 2 aliphatic heterocycles. The number of carbonyl (C=O) groups is 4. The van der Waals surface area contributed by atoms with Gasteiger partial charge in [-0.3, -0.25) is 24.1 Å². The number of anilines is 1. The number of hydrogen-bond donors (Lipinski definition) is 1. The van der Waals surface area contributed by atoms with Gasteiger partial charge in [-0.15, -0.1) is 0 Å². The Morgan fingerprint density at radius 1 is 0.907 bits per heavy atom. The highest BCUT2D eigenvalue weighted by Crippen LogP contribution is 2.64. The lowest BCUT2D eigenvalue weighted by atomic mass is 9.49. The third kappa shape index (κ3) is 3.69. The molecule has 7 rings (SSSR count). The monoisotopic (exact) mass is 596 g/mol. The minimum absolute atomic E-state index is 0.105. The fourth-order valence-electron chi connectivity index (χ4n) is 8.16. The fourth-order valence-corrected chi connectivity index (χ4v) is 8.35. The predicted octanol–water partition coefficient (Wildman–Crippen LogP) is 4.85. The summed E-state index contributed by atoms with van der Waals surface area (Å²) >= 11 is 6.33. The summed E-state index contributed by atoms with van der Waals surface area (Å²) in [6, 6.07) is 20.9. The number of phenolic OH excluding ortho intramolecular Hbond substituents is 1. The number of methoxy groups -OCH3 is 1. The van der Waals surface area contributed by atoms with E-state index in [1.165, 1.54) is 24.0 Å². The van der Waals surface area contributed by atoms with Crippen molar-refractivity contribution in [3.05, 3.63) is 101 Å². The molecule has 0 spiro atoms. The number of allylic oxidation sites excluding steroid dienone is 2. The van der Waals surface area contributed by atoms with Gasteiger partial charge >= 0.3 is 0 Å². The van der Waals surface area contributed by atoms with Gasteiger partial charge in [0, 0.05) is 18.0 Å². The lowest BCUT2D eigenvalue weighted by Crippen LogP contribution is -2.53. The third-order valence-electron chi connectivity index (χ3n) is 9.92. The Balaban J connectivity index is 1.52. The molecular weight excluding hydrogens is 568 g/mol. The molecule has 4 aliphatic rings. The second-order valence-electron chi connectivity index (χ2n) is 11.8. The van der Waals surface area contributed by atoms with Gasteiger partial charge in [0.1, 0.15) is 0 Å². The fraction of sp³-hybridized carbons (Fsp3) is 0.294. The molecule has 218 valence electrons. The zero-order valence-electron chi connectivity index (χ0n) is 23.6. The van der Waals surface area contributed by atoms with Crippen molar-refractivity contribution in [1.29, 1.82) is 0 Å². The molecule has 2 aliphatic carbocycles. The maximum atomic E-state index is 15.1. The Labute approximate surface area is 253 Å². The van der Waals surface area contributed by atoms with Gasteiger partial charge in [-0.05, 0) is 60.2 Å². The second-order valence-corrected chi connectivity index (χ2v) is 12.2. The van der Waals surface area contributed by atoms with Gasteiger partial charge in [0.2, 0.25) is 23.6 Å². The standard InChI is InChI=1S/C34H29ClN2O6/c1-36-30(39)23-13-12-22-24(28(23)32(36)41)17-25-31(40)37(21-10-6-9-20(35)16-21)33(42)34(25,19-7-4-3-5-8-19)29(22)18-11-14-27(43-2)26(38)15-18/h3-12,14-16,23-25,28-29,38H,13,17H2,1-2H3. The van der Waals surface area contributed by atoms with Crippen LogP contribution >= 0.6 is 11.6 Å². The van der Waals surface area contributed by atoms with Crippen LogP contribution in [0.3, 0.4) is 0 Å². The second kappa shape index (κ2) is 9.81. The van der Waals surface area contributed by atoms with Crippen molar-refractivity contribution >= 4 is 40.9 Å². The number of nitrogens with zero attached hydrogens (tertiary/aromatic N) is 2. The Morgan fingerprint density at radius 3 is 2.37 bits per heavy atom. The van der Waals surface area contributed by atoms with Crippen LogP contribution < -0.4 is 9.64 Å². The van der Waals surface area contributed by atoms with Gasteiger partial charge in [-0.25, -0.2) is 4.90 Å². The summed E-state index contributed by atoms with van der Waals surface area (Å²) in [5.41, 5.74) is 1.08. The van der Waals surface area contributed by atoms with Gasteiger partial charge < -0.3 is 9.84 Å². The number of phenols is 1. The van der Waals surface area contributed by atoms with E-state index in [0.29, 0.717) is 28.3 Å².